The van der Waals surface area contributed by atoms with Gasteiger partial charge in [-0.2, -0.15) is 9.89 Å². The van der Waals surface area contributed by atoms with Crippen LogP contribution in [0.4, 0.5) is 0 Å². The predicted octanol–water partition coefficient (Wildman–Crippen LogP) is 6.25. The number of aryl methyl sites for hydroxylation is 1. The van der Waals surface area contributed by atoms with Crippen molar-refractivity contribution < 1.29 is 14.4 Å². The lowest BCUT2D eigenvalue weighted by Crippen LogP contribution is -2.47. The molecule has 4 heterocycles. The van der Waals surface area contributed by atoms with Gasteiger partial charge in [-0.15, -0.1) is 17.9 Å². The van der Waals surface area contributed by atoms with Gasteiger partial charge in [0.2, 0.25) is 11.5 Å². The number of benzene rings is 2. The first-order valence-corrected chi connectivity index (χ1v) is 19.6. The number of nitrogens with one attached hydrogen (secondary N) is 1. The molecule has 0 spiro atoms. The molecule has 1 atom stereocenters. The number of aromatic nitrogens is 4. The molecule has 0 bridgehead atoms. The number of carbonyl (C=O) groups excluding carboxylic acids is 3. The van der Waals surface area contributed by atoms with Gasteiger partial charge < -0.3 is 10.2 Å². The van der Waals surface area contributed by atoms with Crippen LogP contribution in [0.15, 0.2) is 85.2 Å². The van der Waals surface area contributed by atoms with Crippen LogP contribution in [0.2, 0.25) is 0 Å². The number of nitrogens with zero attached hydrogens (tertiary/aromatic N) is 7. The number of amides is 2. The molecule has 11 nitrogen and oxygen atoms in total. The van der Waals surface area contributed by atoms with Gasteiger partial charge in [0.1, 0.15) is 10.9 Å². The summed E-state index contributed by atoms with van der Waals surface area (Å²) in [6, 6.07) is 14.9. The third-order valence-electron chi connectivity index (χ3n) is 10.4. The molecular formula is C44H48N8O3S. The normalized spacial score (nSPS) is 13.9. The van der Waals surface area contributed by atoms with E-state index in [1.807, 2.05) is 52.8 Å². The monoisotopic (exact) mass is 768 g/mol. The summed E-state index contributed by atoms with van der Waals surface area (Å²) in [6.07, 6.45) is 9.63. The third kappa shape index (κ3) is 8.14. The topological polar surface area (TPSA) is 118 Å². The van der Waals surface area contributed by atoms with Crippen molar-refractivity contribution in [2.75, 3.05) is 39.2 Å². The minimum Gasteiger partial charge on any atom is -0.357 e. The summed E-state index contributed by atoms with van der Waals surface area (Å²) in [5.41, 5.74) is 6.70. The van der Waals surface area contributed by atoms with Gasteiger partial charge in [0.15, 0.2) is 6.29 Å². The number of piperidine rings is 1. The SMILES string of the molecule is C=CCCC(C(=O)NC)N(C)C(=O)c1c(C=O)cccc1CC1CCN(n2cc(C#Cc3sc4c(c(-c5ccccc5)nc(=NC)n4C(=C)C)c3C)cn2)CC1. The van der Waals surface area contributed by atoms with Crippen LogP contribution in [-0.4, -0.2) is 82.7 Å². The van der Waals surface area contributed by atoms with Crippen LogP contribution in [0.5, 0.6) is 0 Å². The van der Waals surface area contributed by atoms with E-state index < -0.39 is 6.04 Å². The van der Waals surface area contributed by atoms with E-state index in [4.69, 9.17) is 4.98 Å². The van der Waals surface area contributed by atoms with Gasteiger partial charge in [0, 0.05) is 56.4 Å². The number of likely N-dealkylation sites (N-methyl/N-ethyl adjacent to an activating group) is 2. The van der Waals surface area contributed by atoms with Crippen LogP contribution in [0, 0.1) is 24.7 Å². The molecule has 1 aliphatic rings. The number of thiophene rings is 1. The largest absolute Gasteiger partial charge is 0.357 e. The fourth-order valence-electron chi connectivity index (χ4n) is 7.36. The van der Waals surface area contributed by atoms with Gasteiger partial charge in [0.05, 0.1) is 34.1 Å². The van der Waals surface area contributed by atoms with Crippen LogP contribution in [0.3, 0.4) is 0 Å². The molecule has 0 radical (unpaired) electrons. The summed E-state index contributed by atoms with van der Waals surface area (Å²) < 4.78 is 2.00. The summed E-state index contributed by atoms with van der Waals surface area (Å²) in [6.45, 7) is 13.6. The number of fused-ring (bicyclic) bond motifs is 1. The van der Waals surface area contributed by atoms with E-state index in [0.29, 0.717) is 41.9 Å². The second kappa shape index (κ2) is 17.6. The van der Waals surface area contributed by atoms with E-state index in [1.54, 1.807) is 50.8 Å². The van der Waals surface area contributed by atoms with Crippen molar-refractivity contribution in [1.29, 1.82) is 0 Å². The molecule has 1 aliphatic heterocycles. The molecule has 288 valence electrons. The van der Waals surface area contributed by atoms with Gasteiger partial charge in [0.25, 0.3) is 5.91 Å². The van der Waals surface area contributed by atoms with Crippen LogP contribution >= 0.6 is 11.3 Å². The summed E-state index contributed by atoms with van der Waals surface area (Å²) in [5.74, 6) is 6.48. The Morgan fingerprint density at radius 2 is 1.89 bits per heavy atom. The molecule has 56 heavy (non-hydrogen) atoms. The molecule has 12 heteroatoms. The Kier molecular flexibility index (Phi) is 12.5. The van der Waals surface area contributed by atoms with Crippen LogP contribution in [0.25, 0.3) is 27.2 Å². The average molecular weight is 769 g/mol. The second-order valence-corrected chi connectivity index (χ2v) is 15.1. The molecule has 2 aromatic carbocycles. The van der Waals surface area contributed by atoms with Crippen molar-refractivity contribution in [2.24, 2.45) is 10.9 Å². The molecule has 6 rings (SSSR count). The Hall–Kier alpha value is -6.06. The average Bonchev–Trinajstić information content (AvgIpc) is 3.83. The lowest BCUT2D eigenvalue weighted by atomic mass is 9.87. The molecule has 2 amide bonds. The van der Waals surface area contributed by atoms with E-state index in [-0.39, 0.29) is 11.8 Å². The van der Waals surface area contributed by atoms with E-state index in [0.717, 1.165) is 81.0 Å². The lowest BCUT2D eigenvalue weighted by molar-refractivity contribution is -0.125. The van der Waals surface area contributed by atoms with E-state index in [1.165, 1.54) is 4.90 Å². The summed E-state index contributed by atoms with van der Waals surface area (Å²) in [7, 11) is 4.92. The number of hydrogen-bond donors (Lipinski definition) is 1. The van der Waals surface area contributed by atoms with Gasteiger partial charge in [-0.1, -0.05) is 73.0 Å². The minimum absolute atomic E-state index is 0.253. The smallest absolute Gasteiger partial charge is 0.255 e. The zero-order chi connectivity index (χ0) is 39.9. The van der Waals surface area contributed by atoms with Crippen molar-refractivity contribution in [1.82, 2.24) is 29.7 Å². The maximum Gasteiger partial charge on any atom is 0.255 e. The number of rotatable bonds is 12. The molecule has 3 aromatic heterocycles. The van der Waals surface area contributed by atoms with Crippen LogP contribution < -0.4 is 15.9 Å². The van der Waals surface area contributed by atoms with Crippen molar-refractivity contribution in [3.63, 3.8) is 0 Å². The Morgan fingerprint density at radius 3 is 2.55 bits per heavy atom. The molecule has 1 unspecified atom stereocenters. The molecule has 1 N–H and O–H groups in total. The highest BCUT2D eigenvalue weighted by molar-refractivity contribution is 7.19. The number of hydrogen-bond acceptors (Lipinski definition) is 8. The zero-order valence-electron chi connectivity index (χ0n) is 32.7. The van der Waals surface area contributed by atoms with Crippen molar-refractivity contribution in [3.05, 3.63) is 118 Å². The van der Waals surface area contributed by atoms with Crippen molar-refractivity contribution >= 4 is 45.4 Å². The first kappa shape index (κ1) is 39.6. The summed E-state index contributed by atoms with van der Waals surface area (Å²) in [4.78, 5) is 53.5. The lowest BCUT2D eigenvalue weighted by Gasteiger charge is -2.33. The predicted molar refractivity (Wildman–Crippen MR) is 224 cm³/mol. The maximum absolute atomic E-state index is 13.9. The molecule has 5 aromatic rings. The number of carbonyl (C=O) groups is 3. The third-order valence-corrected chi connectivity index (χ3v) is 11.6. The van der Waals surface area contributed by atoms with Gasteiger partial charge >= 0.3 is 0 Å². The quantitative estimate of drug-likeness (QED) is 0.0912. The van der Waals surface area contributed by atoms with E-state index in [2.05, 4.69) is 64.5 Å². The molecule has 1 saturated heterocycles. The Labute approximate surface area is 332 Å². The highest BCUT2D eigenvalue weighted by Crippen LogP contribution is 2.36. The van der Waals surface area contributed by atoms with Crippen LogP contribution in [0.1, 0.15) is 74.9 Å². The Bertz CT molecular complexity index is 2420. The first-order chi connectivity index (χ1) is 27.1. The number of aldehydes is 1. The Morgan fingerprint density at radius 1 is 1.14 bits per heavy atom. The van der Waals surface area contributed by atoms with Gasteiger partial charge in [-0.05, 0) is 63.0 Å². The summed E-state index contributed by atoms with van der Waals surface area (Å²) in [5, 5.41) is 10.6. The fraction of sp³-hybridized carbons (Fsp3) is 0.318. The van der Waals surface area contributed by atoms with Gasteiger partial charge in [-0.25, -0.2) is 4.98 Å². The Balaban J connectivity index is 1.18. The highest BCUT2D eigenvalue weighted by atomic mass is 32.1. The zero-order valence-corrected chi connectivity index (χ0v) is 33.5. The summed E-state index contributed by atoms with van der Waals surface area (Å²) >= 11 is 1.61. The molecule has 0 aliphatic carbocycles. The van der Waals surface area contributed by atoms with Crippen molar-refractivity contribution in [2.45, 2.75) is 52.0 Å². The fourth-order valence-corrected chi connectivity index (χ4v) is 8.59. The standard InChI is InChI=1S/C44H48N8O3S/c1-8-9-18-36(41(54)45-5)49(7)42(55)39-34(16-13-17-35(39)28-53)25-31-21-23-50(24-22-31)51-27-32(26-47-51)19-20-37-30(4)38-40(33-14-11-10-12-15-33)48-44(46-6)52(29(2)3)43(38)56-37/h8,10-17,26-28,31,36H,1-2,9,18,21-25H2,3-7H3,(H,45,54). The first-order valence-electron chi connectivity index (χ1n) is 18.8. The number of allylic oxidation sites excluding steroid dienone is 2. The van der Waals surface area contributed by atoms with Gasteiger partial charge in [-0.3, -0.25) is 29.0 Å². The second-order valence-electron chi connectivity index (χ2n) is 14.1. The molecule has 0 saturated carbocycles. The molecular weight excluding hydrogens is 721 g/mol. The maximum atomic E-state index is 13.9. The van der Waals surface area contributed by atoms with Crippen LogP contribution in [-0.2, 0) is 11.2 Å². The minimum atomic E-state index is -0.678. The van der Waals surface area contributed by atoms with E-state index in [9.17, 15) is 14.4 Å². The van der Waals surface area contributed by atoms with E-state index >= 15 is 0 Å². The molecule has 1 fully saturated rings. The van der Waals surface area contributed by atoms with Crippen molar-refractivity contribution in [3.8, 4) is 23.1 Å². The highest BCUT2D eigenvalue weighted by Gasteiger charge is 2.30.